The maximum Gasteiger partial charge on any atom is 0.123 e. The molecule has 0 aliphatic heterocycles. The van der Waals surface area contributed by atoms with Crippen LogP contribution < -0.4 is 5.32 Å². The lowest BCUT2D eigenvalue weighted by Crippen LogP contribution is -2.20. The average molecular weight is 219 g/mol. The molecule has 0 aliphatic rings. The van der Waals surface area contributed by atoms with Gasteiger partial charge in [0.05, 0.1) is 11.7 Å². The third-order valence-corrected chi connectivity index (χ3v) is 2.65. The Balaban J connectivity index is 2.37. The molecule has 0 saturated heterocycles. The molecule has 3 nitrogen and oxygen atoms in total. The molecule has 0 bridgehead atoms. The Morgan fingerprint density at radius 2 is 1.94 bits per heavy atom. The van der Waals surface area contributed by atoms with Crippen molar-refractivity contribution in [3.05, 3.63) is 53.6 Å². The van der Waals surface area contributed by atoms with Crippen LogP contribution >= 0.6 is 0 Å². The highest BCUT2D eigenvalue weighted by Crippen LogP contribution is 2.20. The van der Waals surface area contributed by atoms with Crippen molar-refractivity contribution in [1.82, 2.24) is 15.1 Å². The van der Waals surface area contributed by atoms with Crippen molar-refractivity contribution in [2.24, 2.45) is 7.05 Å². The Kier molecular flexibility index (Phi) is 3.01. The van der Waals surface area contributed by atoms with Crippen LogP contribution in [0, 0.1) is 5.82 Å². The lowest BCUT2D eigenvalue weighted by Gasteiger charge is -2.16. The zero-order valence-corrected chi connectivity index (χ0v) is 9.31. The summed E-state index contributed by atoms with van der Waals surface area (Å²) in [6.45, 7) is 0. The Labute approximate surface area is 93.9 Å². The van der Waals surface area contributed by atoms with E-state index in [1.54, 1.807) is 18.3 Å². The molecule has 0 amide bonds. The highest BCUT2D eigenvalue weighted by atomic mass is 19.1. The maximum atomic E-state index is 12.8. The van der Waals surface area contributed by atoms with E-state index in [0.717, 1.165) is 11.3 Å². The Morgan fingerprint density at radius 1 is 1.25 bits per heavy atom. The number of nitrogens with zero attached hydrogens (tertiary/aromatic N) is 2. The van der Waals surface area contributed by atoms with E-state index in [9.17, 15) is 4.39 Å². The zero-order chi connectivity index (χ0) is 11.5. The third-order valence-electron chi connectivity index (χ3n) is 2.65. The molecule has 0 aliphatic carbocycles. The number of nitrogens with one attached hydrogen (secondary N) is 1. The molecular weight excluding hydrogens is 205 g/mol. The fourth-order valence-electron chi connectivity index (χ4n) is 1.81. The van der Waals surface area contributed by atoms with Crippen molar-refractivity contribution in [3.8, 4) is 0 Å². The van der Waals surface area contributed by atoms with E-state index in [-0.39, 0.29) is 11.9 Å². The van der Waals surface area contributed by atoms with Gasteiger partial charge in [-0.15, -0.1) is 0 Å². The van der Waals surface area contributed by atoms with E-state index in [0.29, 0.717) is 0 Å². The van der Waals surface area contributed by atoms with Gasteiger partial charge in [0.1, 0.15) is 5.82 Å². The minimum atomic E-state index is -0.219. The van der Waals surface area contributed by atoms with Gasteiger partial charge in [0.2, 0.25) is 0 Å². The number of aryl methyl sites for hydroxylation is 1. The summed E-state index contributed by atoms with van der Waals surface area (Å²) in [5.41, 5.74) is 2.07. The van der Waals surface area contributed by atoms with Crippen molar-refractivity contribution in [1.29, 1.82) is 0 Å². The van der Waals surface area contributed by atoms with Crippen LogP contribution in [0.4, 0.5) is 4.39 Å². The largest absolute Gasteiger partial charge is 0.308 e. The number of benzene rings is 1. The normalized spacial score (nSPS) is 12.7. The second-order valence-electron chi connectivity index (χ2n) is 3.65. The van der Waals surface area contributed by atoms with Crippen LogP contribution in [0.5, 0.6) is 0 Å². The topological polar surface area (TPSA) is 29.9 Å². The van der Waals surface area contributed by atoms with Crippen LogP contribution in [-0.2, 0) is 7.05 Å². The van der Waals surface area contributed by atoms with E-state index in [1.165, 1.54) is 12.1 Å². The lowest BCUT2D eigenvalue weighted by molar-refractivity contribution is 0.599. The van der Waals surface area contributed by atoms with Crippen LogP contribution in [0.25, 0.3) is 0 Å². The van der Waals surface area contributed by atoms with Gasteiger partial charge in [-0.1, -0.05) is 12.1 Å². The molecule has 1 unspecified atom stereocenters. The quantitative estimate of drug-likeness (QED) is 0.854. The first-order valence-corrected chi connectivity index (χ1v) is 5.13. The minimum Gasteiger partial charge on any atom is -0.308 e. The Morgan fingerprint density at radius 3 is 2.44 bits per heavy atom. The number of rotatable bonds is 3. The van der Waals surface area contributed by atoms with Gasteiger partial charge in [0.15, 0.2) is 0 Å². The van der Waals surface area contributed by atoms with Crippen molar-refractivity contribution < 1.29 is 4.39 Å². The average Bonchev–Trinajstić information content (AvgIpc) is 2.69. The fourth-order valence-corrected chi connectivity index (χ4v) is 1.81. The summed E-state index contributed by atoms with van der Waals surface area (Å²) < 4.78 is 14.6. The van der Waals surface area contributed by atoms with Crippen LogP contribution in [0.15, 0.2) is 36.5 Å². The summed E-state index contributed by atoms with van der Waals surface area (Å²) in [7, 11) is 3.77. The van der Waals surface area contributed by atoms with Crippen molar-refractivity contribution in [2.45, 2.75) is 6.04 Å². The van der Waals surface area contributed by atoms with E-state index in [2.05, 4.69) is 10.4 Å². The SMILES string of the molecule is CNC(c1ccc(F)cc1)c1ccnn1C. The van der Waals surface area contributed by atoms with Crippen LogP contribution in [-0.4, -0.2) is 16.8 Å². The third kappa shape index (κ3) is 1.97. The molecule has 1 atom stereocenters. The zero-order valence-electron chi connectivity index (χ0n) is 9.31. The minimum absolute atomic E-state index is 0.0353. The summed E-state index contributed by atoms with van der Waals surface area (Å²) in [5.74, 6) is -0.219. The molecule has 0 saturated carbocycles. The molecule has 1 aromatic carbocycles. The first kappa shape index (κ1) is 10.8. The standard InChI is InChI=1S/C12H14FN3/c1-14-12(11-7-8-15-16(11)2)9-3-5-10(13)6-4-9/h3-8,12,14H,1-2H3. The molecular formula is C12H14FN3. The van der Waals surface area contributed by atoms with Crippen LogP contribution in [0.1, 0.15) is 17.3 Å². The van der Waals surface area contributed by atoms with Crippen molar-refractivity contribution in [2.75, 3.05) is 7.05 Å². The number of hydrogen-bond donors (Lipinski definition) is 1. The van der Waals surface area contributed by atoms with E-state index >= 15 is 0 Å². The summed E-state index contributed by atoms with van der Waals surface area (Å²) >= 11 is 0. The Bertz CT molecular complexity index is 461. The molecule has 2 aromatic rings. The summed E-state index contributed by atoms with van der Waals surface area (Å²) in [5, 5.41) is 7.33. The number of aromatic nitrogens is 2. The predicted octanol–water partition coefficient (Wildman–Crippen LogP) is 1.87. The smallest absolute Gasteiger partial charge is 0.123 e. The summed E-state index contributed by atoms with van der Waals surface area (Å²) in [4.78, 5) is 0. The van der Waals surface area contributed by atoms with Crippen LogP contribution in [0.3, 0.4) is 0 Å². The van der Waals surface area contributed by atoms with E-state index < -0.39 is 0 Å². The molecule has 0 radical (unpaired) electrons. The van der Waals surface area contributed by atoms with Gasteiger partial charge in [-0.05, 0) is 30.8 Å². The predicted molar refractivity (Wildman–Crippen MR) is 60.5 cm³/mol. The fraction of sp³-hybridized carbons (Fsp3) is 0.250. The molecule has 0 spiro atoms. The lowest BCUT2D eigenvalue weighted by atomic mass is 10.0. The van der Waals surface area contributed by atoms with Gasteiger partial charge in [-0.2, -0.15) is 5.10 Å². The first-order valence-electron chi connectivity index (χ1n) is 5.13. The molecule has 4 heteroatoms. The molecule has 1 N–H and O–H groups in total. The second-order valence-corrected chi connectivity index (χ2v) is 3.65. The number of hydrogen-bond acceptors (Lipinski definition) is 2. The van der Waals surface area contributed by atoms with Gasteiger partial charge in [-0.3, -0.25) is 4.68 Å². The van der Waals surface area contributed by atoms with Gasteiger partial charge < -0.3 is 5.32 Å². The van der Waals surface area contributed by atoms with E-state index in [1.807, 2.05) is 24.8 Å². The first-order chi connectivity index (χ1) is 7.72. The van der Waals surface area contributed by atoms with Gasteiger partial charge in [0.25, 0.3) is 0 Å². The van der Waals surface area contributed by atoms with Crippen molar-refractivity contribution >= 4 is 0 Å². The monoisotopic (exact) mass is 219 g/mol. The molecule has 84 valence electrons. The van der Waals surface area contributed by atoms with Gasteiger partial charge in [-0.25, -0.2) is 4.39 Å². The van der Waals surface area contributed by atoms with Gasteiger partial charge in [0, 0.05) is 13.2 Å². The highest BCUT2D eigenvalue weighted by Gasteiger charge is 2.14. The number of halogens is 1. The molecule has 1 heterocycles. The molecule has 0 fully saturated rings. The molecule has 1 aromatic heterocycles. The van der Waals surface area contributed by atoms with Gasteiger partial charge >= 0.3 is 0 Å². The Hall–Kier alpha value is -1.68. The summed E-state index contributed by atoms with van der Waals surface area (Å²) in [6.07, 6.45) is 1.75. The second kappa shape index (κ2) is 4.45. The summed E-state index contributed by atoms with van der Waals surface area (Å²) in [6, 6.07) is 8.48. The maximum absolute atomic E-state index is 12.8. The molecule has 16 heavy (non-hydrogen) atoms. The van der Waals surface area contributed by atoms with Crippen LogP contribution in [0.2, 0.25) is 0 Å². The molecule has 2 rings (SSSR count). The van der Waals surface area contributed by atoms with E-state index in [4.69, 9.17) is 0 Å². The van der Waals surface area contributed by atoms with Crippen molar-refractivity contribution in [3.63, 3.8) is 0 Å². The highest BCUT2D eigenvalue weighted by molar-refractivity contribution is 5.27.